The van der Waals surface area contributed by atoms with Gasteiger partial charge < -0.3 is 10.1 Å². The maximum Gasteiger partial charge on any atom is 0.269 e. The van der Waals surface area contributed by atoms with E-state index in [-0.39, 0.29) is 18.2 Å². The van der Waals surface area contributed by atoms with Crippen LogP contribution in [0.15, 0.2) is 60.7 Å². The zero-order valence-electron chi connectivity index (χ0n) is 21.8. The number of hydrogen-bond donors (Lipinski definition) is 1. The number of fused-ring (bicyclic) bond motifs is 1. The van der Waals surface area contributed by atoms with Crippen LogP contribution < -0.4 is 15.0 Å². The van der Waals surface area contributed by atoms with Gasteiger partial charge >= 0.3 is 0 Å². The Hall–Kier alpha value is -3.81. The van der Waals surface area contributed by atoms with E-state index in [1.54, 1.807) is 12.1 Å². The Morgan fingerprint density at radius 3 is 2.31 bits per heavy atom. The molecule has 1 aliphatic heterocycles. The van der Waals surface area contributed by atoms with Crippen LogP contribution in [0.25, 0.3) is 0 Å². The van der Waals surface area contributed by atoms with E-state index in [2.05, 4.69) is 5.32 Å². The molecule has 0 radical (unpaired) electrons. The topological polar surface area (TPSA) is 58.6 Å². The number of ether oxygens (including phenoxy) is 1. The van der Waals surface area contributed by atoms with E-state index in [0.29, 0.717) is 29.4 Å². The molecule has 5 nitrogen and oxygen atoms in total. The van der Waals surface area contributed by atoms with E-state index in [1.807, 2.05) is 19.1 Å². The monoisotopic (exact) mass is 536 g/mol. The Bertz CT molecular complexity index is 1360. The molecule has 1 fully saturated rings. The molecule has 3 aromatic rings. The van der Waals surface area contributed by atoms with E-state index in [9.17, 15) is 18.4 Å². The number of nitrogens with one attached hydrogen (secondary N) is 1. The van der Waals surface area contributed by atoms with Crippen molar-refractivity contribution in [2.45, 2.75) is 70.1 Å². The highest BCUT2D eigenvalue weighted by atomic mass is 19.1. The van der Waals surface area contributed by atoms with Gasteiger partial charge in [-0.2, -0.15) is 0 Å². The van der Waals surface area contributed by atoms with Crippen LogP contribution in [-0.4, -0.2) is 24.0 Å². The van der Waals surface area contributed by atoms with Gasteiger partial charge in [-0.05, 0) is 74.1 Å². The number of halogens is 3. The summed E-state index contributed by atoms with van der Waals surface area (Å²) in [6.45, 7) is 1.90. The molecule has 0 aromatic heterocycles. The number of rotatable bonds is 6. The van der Waals surface area contributed by atoms with Crippen molar-refractivity contribution in [2.24, 2.45) is 0 Å². The largest absolute Gasteiger partial charge is 0.480 e. The molecule has 0 saturated heterocycles. The molecule has 204 valence electrons. The number of carbonyl (C=O) groups is 2. The van der Waals surface area contributed by atoms with Crippen molar-refractivity contribution in [2.75, 3.05) is 4.90 Å². The fourth-order valence-electron chi connectivity index (χ4n) is 5.44. The van der Waals surface area contributed by atoms with Crippen LogP contribution in [0, 0.1) is 24.4 Å². The highest BCUT2D eigenvalue weighted by Crippen LogP contribution is 2.35. The third-order valence-electron chi connectivity index (χ3n) is 7.50. The SMILES string of the molecule is Cc1ccc(C(C(=O)NC2CCCCC2)N(C(=O)C2CCc3cc(F)ccc3O2)c2ccc(F)cc2F)cc1. The van der Waals surface area contributed by atoms with Crippen LogP contribution in [0.5, 0.6) is 5.75 Å². The van der Waals surface area contributed by atoms with Crippen LogP contribution >= 0.6 is 0 Å². The van der Waals surface area contributed by atoms with Crippen LogP contribution in [0.1, 0.15) is 61.3 Å². The average molecular weight is 537 g/mol. The lowest BCUT2D eigenvalue weighted by Gasteiger charge is -2.36. The maximum absolute atomic E-state index is 15.3. The average Bonchev–Trinajstić information content (AvgIpc) is 2.93. The summed E-state index contributed by atoms with van der Waals surface area (Å²) in [4.78, 5) is 29.2. The summed E-state index contributed by atoms with van der Waals surface area (Å²) in [5.41, 5.74) is 1.85. The summed E-state index contributed by atoms with van der Waals surface area (Å²) in [6, 6.07) is 12.8. The summed E-state index contributed by atoms with van der Waals surface area (Å²) >= 11 is 0. The predicted molar refractivity (Wildman–Crippen MR) is 142 cm³/mol. The van der Waals surface area contributed by atoms with Crippen LogP contribution in [0.4, 0.5) is 18.9 Å². The second kappa shape index (κ2) is 11.5. The molecule has 1 saturated carbocycles. The first-order valence-electron chi connectivity index (χ1n) is 13.4. The standard InChI is InChI=1S/C31H31F3N2O3/c1-19-7-9-20(10-8-19)29(30(37)35-24-5-3-2-4-6-24)36(26-14-12-23(33)18-25(26)34)31(38)28-15-11-21-17-22(32)13-16-27(21)39-28/h7-10,12-14,16-18,24,28-29H,2-6,11,15H2,1H3,(H,35,37). The molecule has 8 heteroatoms. The molecular weight excluding hydrogens is 505 g/mol. The number of benzene rings is 3. The van der Waals surface area contributed by atoms with E-state index in [1.165, 1.54) is 24.3 Å². The first-order valence-corrected chi connectivity index (χ1v) is 13.4. The summed E-state index contributed by atoms with van der Waals surface area (Å²) in [5.74, 6) is -2.90. The van der Waals surface area contributed by atoms with E-state index >= 15 is 4.39 Å². The van der Waals surface area contributed by atoms with Crippen LogP contribution in [0.2, 0.25) is 0 Å². The van der Waals surface area contributed by atoms with Gasteiger partial charge in [0.2, 0.25) is 5.91 Å². The summed E-state index contributed by atoms with van der Waals surface area (Å²) < 4.78 is 48.9. The molecule has 2 unspecified atom stereocenters. The number of carbonyl (C=O) groups excluding carboxylic acids is 2. The minimum atomic E-state index is -1.22. The molecule has 2 amide bonds. The quantitative estimate of drug-likeness (QED) is 0.401. The molecule has 0 spiro atoms. The molecule has 1 heterocycles. The van der Waals surface area contributed by atoms with Gasteiger partial charge in [0.25, 0.3) is 5.91 Å². The molecule has 2 atom stereocenters. The maximum atomic E-state index is 15.3. The Morgan fingerprint density at radius 1 is 0.897 bits per heavy atom. The van der Waals surface area contributed by atoms with Crippen molar-refractivity contribution in [1.82, 2.24) is 5.32 Å². The molecule has 5 rings (SSSR count). The number of nitrogens with zero attached hydrogens (tertiary/aromatic N) is 1. The fourth-order valence-corrected chi connectivity index (χ4v) is 5.44. The van der Waals surface area contributed by atoms with Crippen molar-refractivity contribution in [3.8, 4) is 5.75 Å². The molecule has 0 bridgehead atoms. The first-order chi connectivity index (χ1) is 18.8. The second-order valence-corrected chi connectivity index (χ2v) is 10.4. The zero-order chi connectivity index (χ0) is 27.5. The third-order valence-corrected chi connectivity index (χ3v) is 7.50. The molecule has 2 aliphatic rings. The minimum absolute atomic E-state index is 0.0538. The lowest BCUT2D eigenvalue weighted by molar-refractivity contribution is -0.131. The first kappa shape index (κ1) is 26.8. The molecular formula is C31H31F3N2O3. The fraction of sp³-hybridized carbons (Fsp3) is 0.355. The smallest absolute Gasteiger partial charge is 0.269 e. The van der Waals surface area contributed by atoms with Gasteiger partial charge in [-0.1, -0.05) is 49.1 Å². The predicted octanol–water partition coefficient (Wildman–Crippen LogP) is 6.33. The van der Waals surface area contributed by atoms with E-state index in [0.717, 1.165) is 48.6 Å². The van der Waals surface area contributed by atoms with E-state index in [4.69, 9.17) is 4.74 Å². The Labute approximate surface area is 226 Å². The van der Waals surface area contributed by atoms with Crippen molar-refractivity contribution in [1.29, 1.82) is 0 Å². The molecule has 39 heavy (non-hydrogen) atoms. The highest BCUT2D eigenvalue weighted by Gasteiger charge is 2.40. The lowest BCUT2D eigenvalue weighted by atomic mass is 9.94. The van der Waals surface area contributed by atoms with Crippen LogP contribution in [-0.2, 0) is 16.0 Å². The summed E-state index contributed by atoms with van der Waals surface area (Å²) in [7, 11) is 0. The Kier molecular flexibility index (Phi) is 7.91. The van der Waals surface area contributed by atoms with Crippen molar-refractivity contribution >= 4 is 17.5 Å². The van der Waals surface area contributed by atoms with Gasteiger partial charge in [0.1, 0.15) is 29.2 Å². The van der Waals surface area contributed by atoms with Crippen LogP contribution in [0.3, 0.4) is 0 Å². The molecule has 1 aliphatic carbocycles. The van der Waals surface area contributed by atoms with Gasteiger partial charge in [-0.25, -0.2) is 13.2 Å². The third kappa shape index (κ3) is 5.95. The number of anilines is 1. The zero-order valence-corrected chi connectivity index (χ0v) is 21.8. The summed E-state index contributed by atoms with van der Waals surface area (Å²) in [6.07, 6.45) is 4.25. The summed E-state index contributed by atoms with van der Waals surface area (Å²) in [5, 5.41) is 3.08. The number of hydrogen-bond acceptors (Lipinski definition) is 3. The normalized spacial score (nSPS) is 18.0. The van der Waals surface area contributed by atoms with Gasteiger partial charge in [0.05, 0.1) is 5.69 Å². The van der Waals surface area contributed by atoms with Crippen molar-refractivity contribution < 1.29 is 27.5 Å². The van der Waals surface area contributed by atoms with Gasteiger partial charge in [-0.3, -0.25) is 14.5 Å². The molecule has 3 aromatic carbocycles. The number of aryl methyl sites for hydroxylation is 2. The van der Waals surface area contributed by atoms with Gasteiger partial charge in [-0.15, -0.1) is 0 Å². The van der Waals surface area contributed by atoms with E-state index < -0.39 is 41.4 Å². The van der Waals surface area contributed by atoms with Crippen molar-refractivity contribution in [3.63, 3.8) is 0 Å². The Balaban J connectivity index is 1.56. The highest BCUT2D eigenvalue weighted by molar-refractivity contribution is 6.03. The number of amides is 2. The van der Waals surface area contributed by atoms with Gasteiger partial charge in [0, 0.05) is 12.1 Å². The van der Waals surface area contributed by atoms with Crippen molar-refractivity contribution in [3.05, 3.63) is 94.8 Å². The van der Waals surface area contributed by atoms with Gasteiger partial charge in [0.15, 0.2) is 6.10 Å². The Morgan fingerprint density at radius 2 is 1.59 bits per heavy atom. The molecule has 1 N–H and O–H groups in total. The minimum Gasteiger partial charge on any atom is -0.480 e. The lowest BCUT2D eigenvalue weighted by Crippen LogP contribution is -2.51. The second-order valence-electron chi connectivity index (χ2n) is 10.4.